The molecule has 1 unspecified atom stereocenters. The van der Waals surface area contributed by atoms with Gasteiger partial charge in [-0.25, -0.2) is 0 Å². The van der Waals surface area contributed by atoms with Crippen LogP contribution in [-0.2, 0) is 6.54 Å². The monoisotopic (exact) mass is 304 g/mol. The van der Waals surface area contributed by atoms with Crippen LogP contribution in [0.25, 0.3) is 0 Å². The van der Waals surface area contributed by atoms with Gasteiger partial charge in [0.05, 0.1) is 6.04 Å². The van der Waals surface area contributed by atoms with Gasteiger partial charge in [0.25, 0.3) is 0 Å². The van der Waals surface area contributed by atoms with Crippen molar-refractivity contribution < 1.29 is 0 Å². The van der Waals surface area contributed by atoms with Crippen molar-refractivity contribution >= 4 is 15.9 Å². The van der Waals surface area contributed by atoms with Crippen LogP contribution in [0.15, 0.2) is 46.9 Å². The van der Waals surface area contributed by atoms with E-state index in [1.54, 1.807) is 0 Å². The van der Waals surface area contributed by atoms with Crippen molar-refractivity contribution in [2.45, 2.75) is 19.5 Å². The average molecular weight is 305 g/mol. The number of hydrogen-bond donors (Lipinski definition) is 2. The highest BCUT2D eigenvalue weighted by atomic mass is 79.9. The lowest BCUT2D eigenvalue weighted by molar-refractivity contribution is 0.858. The molecule has 0 aliphatic heterocycles. The van der Waals surface area contributed by atoms with E-state index < -0.39 is 0 Å². The maximum absolute atomic E-state index is 6.33. The Morgan fingerprint density at radius 2 is 1.78 bits per heavy atom. The third-order valence-electron chi connectivity index (χ3n) is 3.15. The van der Waals surface area contributed by atoms with E-state index in [9.17, 15) is 0 Å². The minimum absolute atomic E-state index is 0.102. The van der Waals surface area contributed by atoms with Gasteiger partial charge in [-0.1, -0.05) is 46.3 Å². The van der Waals surface area contributed by atoms with Crippen LogP contribution in [0.5, 0.6) is 0 Å². The lowest BCUT2D eigenvalue weighted by Crippen LogP contribution is -2.13. The van der Waals surface area contributed by atoms with Crippen LogP contribution in [-0.4, -0.2) is 0 Å². The first-order valence-corrected chi connectivity index (χ1v) is 6.71. The third kappa shape index (κ3) is 2.80. The smallest absolute Gasteiger partial charge is 0.0554 e. The van der Waals surface area contributed by atoms with Crippen LogP contribution in [0.2, 0.25) is 0 Å². The molecule has 0 amide bonds. The van der Waals surface area contributed by atoms with Gasteiger partial charge in [0.1, 0.15) is 0 Å². The van der Waals surface area contributed by atoms with Gasteiger partial charge in [0, 0.05) is 11.0 Å². The maximum Gasteiger partial charge on any atom is 0.0554 e. The second-order valence-electron chi connectivity index (χ2n) is 4.42. The molecule has 2 rings (SSSR count). The first-order valence-electron chi connectivity index (χ1n) is 5.92. The zero-order valence-electron chi connectivity index (χ0n) is 10.4. The molecule has 3 heteroatoms. The molecule has 2 nitrogen and oxygen atoms in total. The Morgan fingerprint density at radius 3 is 2.39 bits per heavy atom. The highest BCUT2D eigenvalue weighted by Gasteiger charge is 2.11. The van der Waals surface area contributed by atoms with Gasteiger partial charge in [0.15, 0.2) is 0 Å². The van der Waals surface area contributed by atoms with Gasteiger partial charge in [0.2, 0.25) is 0 Å². The number of hydrogen-bond acceptors (Lipinski definition) is 2. The number of rotatable bonds is 3. The van der Waals surface area contributed by atoms with Gasteiger partial charge in [-0.05, 0) is 41.3 Å². The standard InChI is InChI=1S/C15H17BrN2/c1-10-2-7-13(16)8-14(10)15(18)12-5-3-11(9-17)4-6-12/h2-8,15H,9,17-18H2,1H3. The number of halogens is 1. The molecule has 2 aromatic rings. The minimum Gasteiger partial charge on any atom is -0.326 e. The summed E-state index contributed by atoms with van der Waals surface area (Å²) in [6.45, 7) is 2.64. The Balaban J connectivity index is 2.34. The van der Waals surface area contributed by atoms with E-state index in [1.807, 2.05) is 30.3 Å². The number of aryl methyl sites for hydroxylation is 1. The van der Waals surface area contributed by atoms with Crippen molar-refractivity contribution in [2.75, 3.05) is 0 Å². The molecule has 2 aromatic carbocycles. The molecule has 0 aromatic heterocycles. The maximum atomic E-state index is 6.33. The summed E-state index contributed by atoms with van der Waals surface area (Å²) in [6.07, 6.45) is 0. The Hall–Kier alpha value is -1.16. The molecular formula is C15H17BrN2. The summed E-state index contributed by atoms with van der Waals surface area (Å²) in [6, 6.07) is 14.2. The van der Waals surface area contributed by atoms with Crippen molar-refractivity contribution in [1.29, 1.82) is 0 Å². The van der Waals surface area contributed by atoms with E-state index in [0.717, 1.165) is 21.2 Å². The molecule has 0 aliphatic rings. The second kappa shape index (κ2) is 5.65. The Bertz CT molecular complexity index is 535. The quantitative estimate of drug-likeness (QED) is 0.914. The molecule has 4 N–H and O–H groups in total. The van der Waals surface area contributed by atoms with Gasteiger partial charge >= 0.3 is 0 Å². The lowest BCUT2D eigenvalue weighted by Gasteiger charge is -2.16. The van der Waals surface area contributed by atoms with Gasteiger partial charge in [-0.2, -0.15) is 0 Å². The zero-order chi connectivity index (χ0) is 13.1. The predicted octanol–water partition coefficient (Wildman–Crippen LogP) is 3.26. The molecule has 0 saturated carbocycles. The average Bonchev–Trinajstić information content (AvgIpc) is 2.41. The molecule has 0 spiro atoms. The van der Waals surface area contributed by atoms with Crippen LogP contribution >= 0.6 is 15.9 Å². The number of nitrogens with two attached hydrogens (primary N) is 2. The topological polar surface area (TPSA) is 52.0 Å². The summed E-state index contributed by atoms with van der Waals surface area (Å²) < 4.78 is 1.05. The molecule has 0 heterocycles. The van der Waals surface area contributed by atoms with Crippen molar-refractivity contribution in [2.24, 2.45) is 11.5 Å². The first kappa shape index (κ1) is 13.3. The molecule has 18 heavy (non-hydrogen) atoms. The molecular weight excluding hydrogens is 288 g/mol. The fourth-order valence-electron chi connectivity index (χ4n) is 1.99. The molecule has 0 saturated heterocycles. The highest BCUT2D eigenvalue weighted by molar-refractivity contribution is 9.10. The van der Waals surface area contributed by atoms with Gasteiger partial charge < -0.3 is 11.5 Å². The summed E-state index contributed by atoms with van der Waals surface area (Å²) >= 11 is 3.49. The van der Waals surface area contributed by atoms with E-state index in [-0.39, 0.29) is 6.04 Å². The van der Waals surface area contributed by atoms with Gasteiger partial charge in [-0.3, -0.25) is 0 Å². The van der Waals surface area contributed by atoms with E-state index in [0.29, 0.717) is 6.54 Å². The molecule has 94 valence electrons. The normalized spacial score (nSPS) is 12.4. The zero-order valence-corrected chi connectivity index (χ0v) is 11.9. The van der Waals surface area contributed by atoms with Crippen molar-refractivity contribution in [1.82, 2.24) is 0 Å². The number of benzene rings is 2. The molecule has 1 atom stereocenters. The summed E-state index contributed by atoms with van der Waals surface area (Å²) in [5.41, 5.74) is 16.5. The Morgan fingerprint density at radius 1 is 1.11 bits per heavy atom. The summed E-state index contributed by atoms with van der Waals surface area (Å²) in [4.78, 5) is 0. The summed E-state index contributed by atoms with van der Waals surface area (Å²) in [5.74, 6) is 0. The fraction of sp³-hybridized carbons (Fsp3) is 0.200. The van der Waals surface area contributed by atoms with Gasteiger partial charge in [-0.15, -0.1) is 0 Å². The summed E-state index contributed by atoms with van der Waals surface area (Å²) in [5, 5.41) is 0. The van der Waals surface area contributed by atoms with Crippen LogP contribution in [0.4, 0.5) is 0 Å². The minimum atomic E-state index is -0.102. The Labute approximate surface area is 116 Å². The van der Waals surface area contributed by atoms with Crippen molar-refractivity contribution in [3.8, 4) is 0 Å². The first-order chi connectivity index (χ1) is 8.61. The van der Waals surface area contributed by atoms with E-state index in [2.05, 4.69) is 35.0 Å². The Kier molecular flexibility index (Phi) is 4.17. The van der Waals surface area contributed by atoms with Crippen LogP contribution in [0.3, 0.4) is 0 Å². The van der Waals surface area contributed by atoms with E-state index >= 15 is 0 Å². The van der Waals surface area contributed by atoms with Crippen LogP contribution in [0, 0.1) is 6.92 Å². The second-order valence-corrected chi connectivity index (χ2v) is 5.34. The van der Waals surface area contributed by atoms with Crippen molar-refractivity contribution in [3.63, 3.8) is 0 Å². The highest BCUT2D eigenvalue weighted by Crippen LogP contribution is 2.25. The third-order valence-corrected chi connectivity index (χ3v) is 3.64. The van der Waals surface area contributed by atoms with Crippen LogP contribution in [0.1, 0.15) is 28.3 Å². The lowest BCUT2D eigenvalue weighted by atomic mass is 9.95. The molecule has 0 fully saturated rings. The van der Waals surface area contributed by atoms with Crippen LogP contribution < -0.4 is 11.5 Å². The van der Waals surface area contributed by atoms with Crippen molar-refractivity contribution in [3.05, 3.63) is 69.2 Å². The molecule has 0 radical (unpaired) electrons. The van der Waals surface area contributed by atoms with E-state index in [1.165, 1.54) is 5.56 Å². The van der Waals surface area contributed by atoms with E-state index in [4.69, 9.17) is 11.5 Å². The fourth-order valence-corrected chi connectivity index (χ4v) is 2.37. The molecule has 0 bridgehead atoms. The largest absolute Gasteiger partial charge is 0.326 e. The molecule has 0 aliphatic carbocycles. The SMILES string of the molecule is Cc1ccc(Br)cc1C(N)c1ccc(CN)cc1. The predicted molar refractivity (Wildman–Crippen MR) is 79.2 cm³/mol. The summed E-state index contributed by atoms with van der Waals surface area (Å²) in [7, 11) is 0.